The van der Waals surface area contributed by atoms with Crippen LogP contribution in [0.4, 0.5) is 0 Å². The summed E-state index contributed by atoms with van der Waals surface area (Å²) in [6, 6.07) is 9.97. The van der Waals surface area contributed by atoms with E-state index in [0.29, 0.717) is 13.0 Å². The van der Waals surface area contributed by atoms with Gasteiger partial charge >= 0.3 is 0 Å². The number of aromatic nitrogens is 3. The lowest BCUT2D eigenvalue weighted by Crippen LogP contribution is -2.27. The lowest BCUT2D eigenvalue weighted by Gasteiger charge is -2.03. The number of aromatic amines is 1. The molecule has 0 saturated carbocycles. The van der Waals surface area contributed by atoms with E-state index in [-0.39, 0.29) is 5.91 Å². The van der Waals surface area contributed by atoms with Crippen molar-refractivity contribution in [3.63, 3.8) is 0 Å². The number of benzene rings is 1. The van der Waals surface area contributed by atoms with Crippen LogP contribution in [-0.2, 0) is 24.7 Å². The third-order valence-electron chi connectivity index (χ3n) is 3.50. The molecule has 2 heterocycles. The Balaban J connectivity index is 1.54. The van der Waals surface area contributed by atoms with Crippen molar-refractivity contribution in [3.8, 4) is 0 Å². The highest BCUT2D eigenvalue weighted by Gasteiger charge is 2.08. The van der Waals surface area contributed by atoms with Crippen molar-refractivity contribution < 1.29 is 4.79 Å². The minimum absolute atomic E-state index is 0.0377. The van der Waals surface area contributed by atoms with Gasteiger partial charge in [0, 0.05) is 43.3 Å². The molecule has 0 bridgehead atoms. The van der Waals surface area contributed by atoms with Crippen molar-refractivity contribution in [3.05, 3.63) is 54.0 Å². The highest BCUT2D eigenvalue weighted by Crippen LogP contribution is 2.17. The Morgan fingerprint density at radius 2 is 2.19 bits per heavy atom. The first-order chi connectivity index (χ1) is 10.2. The molecule has 2 N–H and O–H groups in total. The van der Waals surface area contributed by atoms with E-state index in [1.54, 1.807) is 4.68 Å². The van der Waals surface area contributed by atoms with Gasteiger partial charge in [-0.25, -0.2) is 0 Å². The van der Waals surface area contributed by atoms with Gasteiger partial charge in [0.2, 0.25) is 5.91 Å². The fourth-order valence-corrected chi connectivity index (χ4v) is 2.44. The highest BCUT2D eigenvalue weighted by atomic mass is 16.1. The average Bonchev–Trinajstić information content (AvgIpc) is 3.06. The second-order valence-corrected chi connectivity index (χ2v) is 5.12. The Kier molecular flexibility index (Phi) is 3.73. The predicted octanol–water partition coefficient (Wildman–Crippen LogP) is 1.80. The minimum Gasteiger partial charge on any atom is -0.361 e. The molecule has 2 aromatic heterocycles. The standard InChI is InChI=1S/C16H18N4O/c1-20-9-7-13(19-20)6-8-17-16(21)10-12-11-18-15-5-3-2-4-14(12)15/h2-5,7,9,11,18H,6,8,10H2,1H3,(H,17,21). The Hall–Kier alpha value is -2.56. The quantitative estimate of drug-likeness (QED) is 0.749. The lowest BCUT2D eigenvalue weighted by atomic mass is 10.1. The number of fused-ring (bicyclic) bond motifs is 1. The number of carbonyl (C=O) groups is 1. The van der Waals surface area contributed by atoms with Crippen molar-refractivity contribution in [2.45, 2.75) is 12.8 Å². The molecule has 0 fully saturated rings. The fraction of sp³-hybridized carbons (Fsp3) is 0.250. The zero-order valence-electron chi connectivity index (χ0n) is 12.0. The summed E-state index contributed by atoms with van der Waals surface area (Å²) in [6.45, 7) is 0.609. The molecule has 0 unspecified atom stereocenters. The molecule has 0 aliphatic rings. The van der Waals surface area contributed by atoms with Crippen molar-refractivity contribution >= 4 is 16.8 Å². The Labute approximate surface area is 123 Å². The molecule has 1 amide bonds. The first-order valence-corrected chi connectivity index (χ1v) is 7.02. The number of aryl methyl sites for hydroxylation is 1. The highest BCUT2D eigenvalue weighted by molar-refractivity contribution is 5.88. The van der Waals surface area contributed by atoms with Gasteiger partial charge in [-0.2, -0.15) is 5.10 Å². The molecular weight excluding hydrogens is 264 g/mol. The molecule has 0 radical (unpaired) electrons. The summed E-state index contributed by atoms with van der Waals surface area (Å²) >= 11 is 0. The number of carbonyl (C=O) groups excluding carboxylic acids is 1. The predicted molar refractivity (Wildman–Crippen MR) is 81.9 cm³/mol. The molecule has 0 spiro atoms. The summed E-state index contributed by atoms with van der Waals surface area (Å²) in [5, 5.41) is 8.33. The summed E-state index contributed by atoms with van der Waals surface area (Å²) in [4.78, 5) is 15.2. The van der Waals surface area contributed by atoms with Gasteiger partial charge in [0.1, 0.15) is 0 Å². The summed E-state index contributed by atoms with van der Waals surface area (Å²) in [6.07, 6.45) is 4.96. The SMILES string of the molecule is Cn1ccc(CCNC(=O)Cc2c[nH]c3ccccc23)n1. The Morgan fingerprint density at radius 3 is 3.00 bits per heavy atom. The molecular formula is C16H18N4O. The third kappa shape index (κ3) is 3.13. The van der Waals surface area contributed by atoms with Crippen LogP contribution in [-0.4, -0.2) is 27.2 Å². The molecule has 5 nitrogen and oxygen atoms in total. The smallest absolute Gasteiger partial charge is 0.224 e. The van der Waals surface area contributed by atoms with Gasteiger partial charge in [-0.15, -0.1) is 0 Å². The maximum Gasteiger partial charge on any atom is 0.224 e. The number of para-hydroxylation sites is 1. The van der Waals surface area contributed by atoms with E-state index in [4.69, 9.17) is 0 Å². The van der Waals surface area contributed by atoms with Crippen LogP contribution in [0.25, 0.3) is 10.9 Å². The van der Waals surface area contributed by atoms with Crippen LogP contribution < -0.4 is 5.32 Å². The molecule has 3 rings (SSSR count). The van der Waals surface area contributed by atoms with Gasteiger partial charge in [0.25, 0.3) is 0 Å². The van der Waals surface area contributed by atoms with Crippen LogP contribution in [0.5, 0.6) is 0 Å². The molecule has 21 heavy (non-hydrogen) atoms. The van der Waals surface area contributed by atoms with Crippen LogP contribution in [0.1, 0.15) is 11.3 Å². The maximum absolute atomic E-state index is 12.0. The number of hydrogen-bond donors (Lipinski definition) is 2. The van der Waals surface area contributed by atoms with E-state index >= 15 is 0 Å². The van der Waals surface area contributed by atoms with Crippen LogP contribution in [0.15, 0.2) is 42.7 Å². The zero-order chi connectivity index (χ0) is 14.7. The summed E-state index contributed by atoms with van der Waals surface area (Å²) in [7, 11) is 1.89. The van der Waals surface area contributed by atoms with Gasteiger partial charge in [0.05, 0.1) is 12.1 Å². The summed E-state index contributed by atoms with van der Waals surface area (Å²) in [5.41, 5.74) is 3.08. The van der Waals surface area contributed by atoms with E-state index in [2.05, 4.69) is 15.4 Å². The van der Waals surface area contributed by atoms with E-state index in [1.165, 1.54) is 0 Å². The fourth-order valence-electron chi connectivity index (χ4n) is 2.44. The third-order valence-corrected chi connectivity index (χ3v) is 3.50. The molecule has 1 aromatic carbocycles. The first kappa shape index (κ1) is 13.4. The van der Waals surface area contributed by atoms with E-state index in [1.807, 2.05) is 49.8 Å². The topological polar surface area (TPSA) is 62.7 Å². The number of hydrogen-bond acceptors (Lipinski definition) is 2. The second-order valence-electron chi connectivity index (χ2n) is 5.12. The second kappa shape index (κ2) is 5.83. The van der Waals surface area contributed by atoms with Crippen LogP contribution >= 0.6 is 0 Å². The molecule has 108 valence electrons. The summed E-state index contributed by atoms with van der Waals surface area (Å²) in [5.74, 6) is 0.0377. The number of nitrogens with zero attached hydrogens (tertiary/aromatic N) is 2. The largest absolute Gasteiger partial charge is 0.361 e. The number of amides is 1. The van der Waals surface area contributed by atoms with Crippen molar-refractivity contribution in [1.29, 1.82) is 0 Å². The van der Waals surface area contributed by atoms with Crippen LogP contribution in [0, 0.1) is 0 Å². The molecule has 5 heteroatoms. The van der Waals surface area contributed by atoms with E-state index in [0.717, 1.165) is 28.6 Å². The molecule has 0 saturated heterocycles. The van der Waals surface area contributed by atoms with E-state index in [9.17, 15) is 4.79 Å². The van der Waals surface area contributed by atoms with Gasteiger partial charge in [-0.1, -0.05) is 18.2 Å². The average molecular weight is 282 g/mol. The van der Waals surface area contributed by atoms with E-state index < -0.39 is 0 Å². The Bertz CT molecular complexity index is 756. The van der Waals surface area contributed by atoms with Gasteiger partial charge in [0.15, 0.2) is 0 Å². The molecule has 0 atom stereocenters. The molecule has 0 aliphatic carbocycles. The van der Waals surface area contributed by atoms with Crippen molar-refractivity contribution in [2.75, 3.05) is 6.54 Å². The van der Waals surface area contributed by atoms with Crippen LogP contribution in [0.3, 0.4) is 0 Å². The lowest BCUT2D eigenvalue weighted by molar-refractivity contribution is -0.120. The van der Waals surface area contributed by atoms with Crippen molar-refractivity contribution in [2.24, 2.45) is 7.05 Å². The normalized spacial score (nSPS) is 10.9. The minimum atomic E-state index is 0.0377. The molecule has 0 aliphatic heterocycles. The van der Waals surface area contributed by atoms with Crippen LogP contribution in [0.2, 0.25) is 0 Å². The van der Waals surface area contributed by atoms with Gasteiger partial charge in [-0.05, 0) is 17.7 Å². The summed E-state index contributed by atoms with van der Waals surface area (Å²) < 4.78 is 1.77. The zero-order valence-corrected chi connectivity index (χ0v) is 12.0. The number of H-pyrrole nitrogens is 1. The maximum atomic E-state index is 12.0. The Morgan fingerprint density at radius 1 is 1.33 bits per heavy atom. The van der Waals surface area contributed by atoms with Gasteiger partial charge < -0.3 is 10.3 Å². The van der Waals surface area contributed by atoms with Gasteiger partial charge in [-0.3, -0.25) is 9.48 Å². The van der Waals surface area contributed by atoms with Crippen molar-refractivity contribution in [1.82, 2.24) is 20.1 Å². The number of rotatable bonds is 5. The number of nitrogens with one attached hydrogen (secondary N) is 2. The first-order valence-electron chi connectivity index (χ1n) is 7.02. The monoisotopic (exact) mass is 282 g/mol. The molecule has 3 aromatic rings.